The molecular formula is C12H20BrN3. The molecule has 0 N–H and O–H groups in total. The zero-order chi connectivity index (χ0) is 12.3. The van der Waals surface area contributed by atoms with Crippen LogP contribution in [0.15, 0.2) is 10.7 Å². The van der Waals surface area contributed by atoms with Gasteiger partial charge in [0.25, 0.3) is 0 Å². The van der Waals surface area contributed by atoms with Gasteiger partial charge in [0, 0.05) is 25.6 Å². The van der Waals surface area contributed by atoms with Crippen molar-refractivity contribution in [3.8, 4) is 0 Å². The molecule has 16 heavy (non-hydrogen) atoms. The third-order valence-electron chi connectivity index (χ3n) is 2.98. The van der Waals surface area contributed by atoms with E-state index >= 15 is 0 Å². The van der Waals surface area contributed by atoms with Gasteiger partial charge in [-0.05, 0) is 28.8 Å². The van der Waals surface area contributed by atoms with Crippen molar-refractivity contribution in [2.24, 2.45) is 5.92 Å². The van der Waals surface area contributed by atoms with Crippen molar-refractivity contribution in [3.05, 3.63) is 16.5 Å². The number of aryl methyl sites for hydroxylation is 1. The van der Waals surface area contributed by atoms with Gasteiger partial charge in [-0.15, -0.1) is 0 Å². The van der Waals surface area contributed by atoms with E-state index in [1.807, 2.05) is 6.07 Å². The van der Waals surface area contributed by atoms with Crippen LogP contribution in [0, 0.1) is 5.92 Å². The smallest absolute Gasteiger partial charge is 0.133 e. The average Bonchev–Trinajstić information content (AvgIpc) is 2.25. The Labute approximate surface area is 106 Å². The molecule has 0 fully saturated rings. The van der Waals surface area contributed by atoms with Gasteiger partial charge in [-0.1, -0.05) is 20.8 Å². The summed E-state index contributed by atoms with van der Waals surface area (Å²) in [5.41, 5.74) is 0. The molecular weight excluding hydrogens is 266 g/mol. The van der Waals surface area contributed by atoms with E-state index in [0.29, 0.717) is 12.0 Å². The highest BCUT2D eigenvalue weighted by atomic mass is 79.9. The Kier molecular flexibility index (Phi) is 4.71. The zero-order valence-electron chi connectivity index (χ0n) is 10.7. The molecule has 1 unspecified atom stereocenters. The topological polar surface area (TPSA) is 29.0 Å². The number of hydrogen-bond acceptors (Lipinski definition) is 3. The second-order valence-corrected chi connectivity index (χ2v) is 5.23. The first kappa shape index (κ1) is 13.4. The first-order chi connectivity index (χ1) is 7.45. The Bertz CT molecular complexity index is 352. The van der Waals surface area contributed by atoms with Gasteiger partial charge in [0.2, 0.25) is 0 Å². The van der Waals surface area contributed by atoms with Crippen molar-refractivity contribution in [1.82, 2.24) is 9.97 Å². The van der Waals surface area contributed by atoms with Crippen LogP contribution in [0.3, 0.4) is 0 Å². The van der Waals surface area contributed by atoms with Gasteiger partial charge < -0.3 is 4.90 Å². The summed E-state index contributed by atoms with van der Waals surface area (Å²) in [5, 5.41) is 0. The van der Waals surface area contributed by atoms with Crippen LogP contribution < -0.4 is 4.90 Å². The maximum Gasteiger partial charge on any atom is 0.133 e. The molecule has 0 radical (unpaired) electrons. The molecule has 0 aliphatic heterocycles. The Morgan fingerprint density at radius 1 is 1.31 bits per heavy atom. The minimum atomic E-state index is 0.464. The molecule has 0 saturated heterocycles. The summed E-state index contributed by atoms with van der Waals surface area (Å²) in [4.78, 5) is 11.1. The number of hydrogen-bond donors (Lipinski definition) is 0. The van der Waals surface area contributed by atoms with Crippen LogP contribution in [0.5, 0.6) is 0 Å². The molecule has 1 atom stereocenters. The standard InChI is InChI=1S/C12H20BrN3/c1-6-11-14-10(13)7-12(15-11)16(5)9(4)8(2)3/h7-9H,6H2,1-5H3. The second-order valence-electron chi connectivity index (χ2n) is 4.41. The summed E-state index contributed by atoms with van der Waals surface area (Å²) in [6.45, 7) is 8.72. The molecule has 0 aromatic carbocycles. The van der Waals surface area contributed by atoms with E-state index in [2.05, 4.69) is 65.5 Å². The fourth-order valence-corrected chi connectivity index (χ4v) is 1.86. The summed E-state index contributed by atoms with van der Waals surface area (Å²) >= 11 is 3.43. The maximum atomic E-state index is 4.54. The average molecular weight is 286 g/mol. The van der Waals surface area contributed by atoms with E-state index < -0.39 is 0 Å². The molecule has 0 spiro atoms. The predicted molar refractivity (Wildman–Crippen MR) is 71.8 cm³/mol. The molecule has 1 heterocycles. The van der Waals surface area contributed by atoms with Crippen LogP contribution in [-0.4, -0.2) is 23.1 Å². The Balaban J connectivity index is 2.98. The van der Waals surface area contributed by atoms with E-state index in [0.717, 1.165) is 22.7 Å². The molecule has 0 amide bonds. The Morgan fingerprint density at radius 3 is 2.44 bits per heavy atom. The molecule has 1 rings (SSSR count). The summed E-state index contributed by atoms with van der Waals surface area (Å²) in [7, 11) is 2.08. The number of halogens is 1. The fraction of sp³-hybridized carbons (Fsp3) is 0.667. The summed E-state index contributed by atoms with van der Waals surface area (Å²) in [6.07, 6.45) is 0.857. The minimum Gasteiger partial charge on any atom is -0.357 e. The number of anilines is 1. The third kappa shape index (κ3) is 3.17. The molecule has 1 aromatic rings. The number of rotatable bonds is 4. The Morgan fingerprint density at radius 2 is 1.94 bits per heavy atom. The summed E-state index contributed by atoms with van der Waals surface area (Å²) in [5.74, 6) is 2.47. The van der Waals surface area contributed by atoms with Crippen molar-refractivity contribution in [2.45, 2.75) is 40.2 Å². The van der Waals surface area contributed by atoms with Crippen molar-refractivity contribution in [3.63, 3.8) is 0 Å². The van der Waals surface area contributed by atoms with Gasteiger partial charge in [0.05, 0.1) is 0 Å². The van der Waals surface area contributed by atoms with Crippen molar-refractivity contribution in [1.29, 1.82) is 0 Å². The van der Waals surface area contributed by atoms with Crippen molar-refractivity contribution >= 4 is 21.7 Å². The lowest BCUT2D eigenvalue weighted by molar-refractivity contribution is 0.502. The molecule has 90 valence electrons. The van der Waals surface area contributed by atoms with Crippen LogP contribution in [0.1, 0.15) is 33.5 Å². The molecule has 0 aliphatic rings. The fourth-order valence-electron chi connectivity index (χ4n) is 1.45. The van der Waals surface area contributed by atoms with Gasteiger partial charge in [0.1, 0.15) is 16.2 Å². The van der Waals surface area contributed by atoms with E-state index in [1.165, 1.54) is 0 Å². The summed E-state index contributed by atoms with van der Waals surface area (Å²) < 4.78 is 0.858. The monoisotopic (exact) mass is 285 g/mol. The van der Waals surface area contributed by atoms with Crippen LogP contribution >= 0.6 is 15.9 Å². The normalized spacial score (nSPS) is 12.9. The molecule has 1 aromatic heterocycles. The molecule has 4 heteroatoms. The quantitative estimate of drug-likeness (QED) is 0.795. The number of aromatic nitrogens is 2. The maximum absolute atomic E-state index is 4.54. The highest BCUT2D eigenvalue weighted by Gasteiger charge is 2.15. The lowest BCUT2D eigenvalue weighted by Gasteiger charge is -2.29. The third-order valence-corrected chi connectivity index (χ3v) is 3.39. The van der Waals surface area contributed by atoms with Gasteiger partial charge in [-0.3, -0.25) is 0 Å². The predicted octanol–water partition coefficient (Wildman–Crippen LogP) is 3.28. The van der Waals surface area contributed by atoms with E-state index in [9.17, 15) is 0 Å². The highest BCUT2D eigenvalue weighted by Crippen LogP contribution is 2.20. The molecule has 0 saturated carbocycles. The molecule has 3 nitrogen and oxygen atoms in total. The van der Waals surface area contributed by atoms with Crippen LogP contribution in [0.25, 0.3) is 0 Å². The van der Waals surface area contributed by atoms with Gasteiger partial charge in [-0.25, -0.2) is 9.97 Å². The second kappa shape index (κ2) is 5.62. The van der Waals surface area contributed by atoms with E-state index in [4.69, 9.17) is 0 Å². The van der Waals surface area contributed by atoms with Crippen LogP contribution in [0.2, 0.25) is 0 Å². The minimum absolute atomic E-state index is 0.464. The van der Waals surface area contributed by atoms with E-state index in [1.54, 1.807) is 0 Å². The van der Waals surface area contributed by atoms with Crippen molar-refractivity contribution < 1.29 is 0 Å². The van der Waals surface area contributed by atoms with Crippen LogP contribution in [0.4, 0.5) is 5.82 Å². The Hall–Kier alpha value is -0.640. The first-order valence-corrected chi connectivity index (χ1v) is 6.51. The molecule has 0 bridgehead atoms. The first-order valence-electron chi connectivity index (χ1n) is 5.72. The van der Waals surface area contributed by atoms with Gasteiger partial charge in [0.15, 0.2) is 0 Å². The van der Waals surface area contributed by atoms with Crippen molar-refractivity contribution in [2.75, 3.05) is 11.9 Å². The van der Waals surface area contributed by atoms with Gasteiger partial charge >= 0.3 is 0 Å². The lowest BCUT2D eigenvalue weighted by atomic mass is 10.1. The summed E-state index contributed by atoms with van der Waals surface area (Å²) in [6, 6.07) is 2.43. The zero-order valence-corrected chi connectivity index (χ0v) is 12.2. The van der Waals surface area contributed by atoms with Gasteiger partial charge in [-0.2, -0.15) is 0 Å². The number of nitrogens with zero attached hydrogens (tertiary/aromatic N) is 3. The molecule has 0 aliphatic carbocycles. The van der Waals surface area contributed by atoms with E-state index in [-0.39, 0.29) is 0 Å². The highest BCUT2D eigenvalue weighted by molar-refractivity contribution is 9.10. The van der Waals surface area contributed by atoms with Crippen LogP contribution in [-0.2, 0) is 6.42 Å². The lowest BCUT2D eigenvalue weighted by Crippen LogP contribution is -2.34. The SMILES string of the molecule is CCc1nc(Br)cc(N(C)C(C)C(C)C)n1. The largest absolute Gasteiger partial charge is 0.357 e.